The number of aromatic nitrogens is 1. The van der Waals surface area contributed by atoms with Crippen molar-refractivity contribution in [1.82, 2.24) is 4.57 Å². The zero-order valence-corrected chi connectivity index (χ0v) is 12.4. The van der Waals surface area contributed by atoms with Crippen molar-refractivity contribution in [3.05, 3.63) is 50.3 Å². The van der Waals surface area contributed by atoms with Gasteiger partial charge in [-0.1, -0.05) is 0 Å². The molecule has 0 aliphatic carbocycles. The Hall–Kier alpha value is -1.93. The fourth-order valence-corrected chi connectivity index (χ4v) is 2.72. The summed E-state index contributed by atoms with van der Waals surface area (Å²) in [7, 11) is 1.76. The van der Waals surface area contributed by atoms with Crippen LogP contribution in [0.5, 0.6) is 0 Å². The Balaban J connectivity index is 2.53. The Morgan fingerprint density at radius 3 is 2.80 bits per heavy atom. The van der Waals surface area contributed by atoms with Gasteiger partial charge in [0, 0.05) is 29.6 Å². The molecule has 0 fully saturated rings. The van der Waals surface area contributed by atoms with Crippen LogP contribution in [0.3, 0.4) is 0 Å². The average molecular weight is 309 g/mol. The molecular weight excluding hydrogens is 298 g/mol. The summed E-state index contributed by atoms with van der Waals surface area (Å²) in [4.78, 5) is 27.8. The highest BCUT2D eigenvalue weighted by molar-refractivity contribution is 7.98. The summed E-state index contributed by atoms with van der Waals surface area (Å²) in [5.41, 5.74) is -0.217. The van der Waals surface area contributed by atoms with Gasteiger partial charge in [0.25, 0.3) is 11.6 Å². The van der Waals surface area contributed by atoms with Crippen LogP contribution < -0.4 is 4.80 Å². The number of amides is 1. The second-order valence-corrected chi connectivity index (χ2v) is 5.61. The molecule has 0 spiro atoms. The molecule has 0 aliphatic rings. The first kappa shape index (κ1) is 14.5. The van der Waals surface area contributed by atoms with Gasteiger partial charge < -0.3 is 4.57 Å². The van der Waals surface area contributed by atoms with E-state index in [0.29, 0.717) is 4.80 Å². The lowest BCUT2D eigenvalue weighted by Crippen LogP contribution is -2.13. The molecule has 2 aromatic rings. The molecule has 0 unspecified atom stereocenters. The van der Waals surface area contributed by atoms with Gasteiger partial charge >= 0.3 is 0 Å². The molecule has 8 heteroatoms. The monoisotopic (exact) mass is 309 g/mol. The number of aryl methyl sites for hydroxylation is 1. The third-order valence-corrected chi connectivity index (χ3v) is 4.16. The van der Waals surface area contributed by atoms with E-state index in [1.807, 2.05) is 6.26 Å². The highest BCUT2D eigenvalue weighted by Crippen LogP contribution is 2.25. The highest BCUT2D eigenvalue weighted by Gasteiger charge is 2.20. The average Bonchev–Trinajstić information content (AvgIpc) is 2.83. The van der Waals surface area contributed by atoms with Crippen LogP contribution in [0, 0.1) is 10.1 Å². The van der Waals surface area contributed by atoms with Crippen LogP contribution >= 0.6 is 23.1 Å². The zero-order chi connectivity index (χ0) is 14.7. The van der Waals surface area contributed by atoms with Crippen LogP contribution in [-0.2, 0) is 7.05 Å². The Labute approximate surface area is 122 Å². The number of thiazole rings is 1. The predicted molar refractivity (Wildman–Crippen MR) is 78.1 cm³/mol. The lowest BCUT2D eigenvalue weighted by molar-refractivity contribution is -0.385. The molecule has 20 heavy (non-hydrogen) atoms. The summed E-state index contributed by atoms with van der Waals surface area (Å²) >= 11 is 2.71. The number of hydrogen-bond donors (Lipinski definition) is 0. The van der Waals surface area contributed by atoms with E-state index in [-0.39, 0.29) is 11.3 Å². The minimum absolute atomic E-state index is 0.00949. The van der Waals surface area contributed by atoms with Gasteiger partial charge in [-0.25, -0.2) is 0 Å². The molecule has 1 heterocycles. The number of nitrogens with zero attached hydrogens (tertiary/aromatic N) is 3. The smallest absolute Gasteiger partial charge is 0.286 e. The van der Waals surface area contributed by atoms with Gasteiger partial charge in [-0.3, -0.25) is 14.9 Å². The summed E-state index contributed by atoms with van der Waals surface area (Å²) in [6, 6.07) is 4.45. The first-order valence-electron chi connectivity index (χ1n) is 5.54. The molecule has 0 bridgehead atoms. The summed E-state index contributed by atoms with van der Waals surface area (Å²) in [5.74, 6) is -0.606. The van der Waals surface area contributed by atoms with E-state index >= 15 is 0 Å². The van der Waals surface area contributed by atoms with E-state index in [1.165, 1.54) is 35.2 Å². The Bertz CT molecular complexity index is 734. The Morgan fingerprint density at radius 1 is 1.50 bits per heavy atom. The maximum atomic E-state index is 12.2. The van der Waals surface area contributed by atoms with Gasteiger partial charge in [0.2, 0.25) is 0 Å². The lowest BCUT2D eigenvalue weighted by Gasteiger charge is -2.01. The first-order valence-corrected chi connectivity index (χ1v) is 7.65. The Kier molecular flexibility index (Phi) is 4.35. The molecule has 104 valence electrons. The lowest BCUT2D eigenvalue weighted by atomic mass is 10.1. The van der Waals surface area contributed by atoms with Crippen molar-refractivity contribution in [3.8, 4) is 0 Å². The van der Waals surface area contributed by atoms with E-state index in [1.54, 1.807) is 29.3 Å². The fraction of sp³-hybridized carbons (Fsp3) is 0.167. The summed E-state index contributed by atoms with van der Waals surface area (Å²) in [5, 5.41) is 12.8. The number of nitro groups is 1. The van der Waals surface area contributed by atoms with Crippen LogP contribution in [0.4, 0.5) is 5.69 Å². The SMILES string of the molecule is CSc1ccc([N+](=O)[O-])c(C(=O)N=c2sccn2C)c1. The molecule has 0 N–H and O–H groups in total. The number of carbonyl (C=O) groups excluding carboxylic acids is 1. The minimum Gasteiger partial charge on any atom is -0.327 e. The molecule has 1 aromatic carbocycles. The molecule has 0 aliphatic heterocycles. The van der Waals surface area contributed by atoms with Gasteiger partial charge in [0.05, 0.1) is 4.92 Å². The Morgan fingerprint density at radius 2 is 2.25 bits per heavy atom. The van der Waals surface area contributed by atoms with E-state index in [9.17, 15) is 14.9 Å². The van der Waals surface area contributed by atoms with Gasteiger partial charge in [-0.05, 0) is 18.4 Å². The highest BCUT2D eigenvalue weighted by atomic mass is 32.2. The van der Waals surface area contributed by atoms with E-state index in [4.69, 9.17) is 0 Å². The van der Waals surface area contributed by atoms with Crippen LogP contribution in [-0.4, -0.2) is 21.7 Å². The largest absolute Gasteiger partial charge is 0.327 e. The van der Waals surface area contributed by atoms with Crippen molar-refractivity contribution < 1.29 is 9.72 Å². The van der Waals surface area contributed by atoms with Crippen molar-refractivity contribution in [1.29, 1.82) is 0 Å². The fourth-order valence-electron chi connectivity index (χ4n) is 1.55. The number of rotatable bonds is 3. The number of hydrogen-bond acceptors (Lipinski definition) is 5. The molecular formula is C12H11N3O3S2. The molecule has 6 nitrogen and oxygen atoms in total. The third-order valence-electron chi connectivity index (χ3n) is 2.59. The minimum atomic E-state index is -0.606. The summed E-state index contributed by atoms with van der Waals surface area (Å²) in [6.07, 6.45) is 3.61. The summed E-state index contributed by atoms with van der Waals surface area (Å²) in [6.45, 7) is 0. The van der Waals surface area contributed by atoms with Crippen molar-refractivity contribution in [3.63, 3.8) is 0 Å². The van der Waals surface area contributed by atoms with Crippen LogP contribution in [0.1, 0.15) is 10.4 Å². The maximum Gasteiger partial charge on any atom is 0.286 e. The molecule has 0 saturated carbocycles. The molecule has 0 saturated heterocycles. The number of carbonyl (C=O) groups is 1. The van der Waals surface area contributed by atoms with Crippen molar-refractivity contribution in [2.45, 2.75) is 4.90 Å². The van der Waals surface area contributed by atoms with E-state index in [0.717, 1.165) is 4.90 Å². The van der Waals surface area contributed by atoms with Crippen LogP contribution in [0.2, 0.25) is 0 Å². The first-order chi connectivity index (χ1) is 9.52. The third kappa shape index (κ3) is 2.97. The topological polar surface area (TPSA) is 77.5 Å². The van der Waals surface area contributed by atoms with Crippen molar-refractivity contribution >= 4 is 34.7 Å². The standard InChI is InChI=1S/C12H11N3O3S2/c1-14-5-6-20-12(14)13-11(16)9-7-8(19-2)3-4-10(9)15(17)18/h3-7H,1-2H3. The normalized spacial score (nSPS) is 11.6. The van der Waals surface area contributed by atoms with E-state index in [2.05, 4.69) is 4.99 Å². The van der Waals surface area contributed by atoms with Gasteiger partial charge in [-0.15, -0.1) is 23.1 Å². The molecule has 2 rings (SSSR count). The van der Waals surface area contributed by atoms with Crippen molar-refractivity contribution in [2.24, 2.45) is 12.0 Å². The van der Waals surface area contributed by atoms with Gasteiger partial charge in [-0.2, -0.15) is 4.99 Å². The summed E-state index contributed by atoms with van der Waals surface area (Å²) < 4.78 is 1.69. The molecule has 1 aromatic heterocycles. The van der Waals surface area contributed by atoms with Crippen LogP contribution in [0.15, 0.2) is 39.7 Å². The number of thioether (sulfide) groups is 1. The maximum absolute atomic E-state index is 12.2. The quantitative estimate of drug-likeness (QED) is 0.496. The molecule has 0 atom stereocenters. The van der Waals surface area contributed by atoms with Gasteiger partial charge in [0.1, 0.15) is 5.56 Å². The predicted octanol–water partition coefficient (Wildman–Crippen LogP) is 2.46. The second kappa shape index (κ2) is 6.02. The van der Waals surface area contributed by atoms with Crippen molar-refractivity contribution in [2.75, 3.05) is 6.26 Å². The number of benzene rings is 1. The number of nitro benzene ring substituents is 1. The van der Waals surface area contributed by atoms with Crippen LogP contribution in [0.25, 0.3) is 0 Å². The zero-order valence-electron chi connectivity index (χ0n) is 10.8. The molecule has 1 amide bonds. The second-order valence-electron chi connectivity index (χ2n) is 3.85. The molecule has 0 radical (unpaired) electrons. The van der Waals surface area contributed by atoms with Gasteiger partial charge in [0.15, 0.2) is 4.80 Å². The van der Waals surface area contributed by atoms with E-state index < -0.39 is 10.8 Å².